The van der Waals surface area contributed by atoms with Crippen LogP contribution in [-0.2, 0) is 41.3 Å². The van der Waals surface area contributed by atoms with E-state index in [-0.39, 0.29) is 35.9 Å². The monoisotopic (exact) mass is 874 g/mol. The number of nitrogens with one attached hydrogen (secondary N) is 3. The van der Waals surface area contributed by atoms with E-state index in [0.29, 0.717) is 64.4 Å². The number of ether oxygens (including phenoxy) is 2. The Morgan fingerprint density at radius 1 is 0.846 bits per heavy atom. The Morgan fingerprint density at radius 3 is 2.40 bits per heavy atom. The number of benzene rings is 5. The molecule has 0 bridgehead atoms. The van der Waals surface area contributed by atoms with Gasteiger partial charge in [0.25, 0.3) is 0 Å². The first kappa shape index (κ1) is 44.9. The predicted octanol–water partition coefficient (Wildman–Crippen LogP) is 6.50. The SMILES string of the molecule is COc1cc(CNCc2cncc(-c3cccc(C(O)(C(=O)OCC4CCN(Cc5ccccc5)CC4)c4ccccc4)c3)n2)ccc1CNC[C@H](O)c1ccc(O)c2[nH]c(=O)ccc12. The Hall–Kier alpha value is -6.74. The topological polar surface area (TPSA) is 182 Å². The van der Waals surface area contributed by atoms with Crippen LogP contribution in [0.3, 0.4) is 0 Å². The van der Waals surface area contributed by atoms with Crippen molar-refractivity contribution in [2.75, 3.05) is 33.4 Å². The van der Waals surface area contributed by atoms with Crippen LogP contribution in [0, 0.1) is 5.92 Å². The van der Waals surface area contributed by atoms with E-state index in [2.05, 4.69) is 49.8 Å². The van der Waals surface area contributed by atoms with Gasteiger partial charge in [-0.1, -0.05) is 97.1 Å². The van der Waals surface area contributed by atoms with Gasteiger partial charge in [-0.05, 0) is 78.4 Å². The molecule has 2 aromatic heterocycles. The minimum absolute atomic E-state index is 0.0593. The van der Waals surface area contributed by atoms with Crippen molar-refractivity contribution in [1.82, 2.24) is 30.5 Å². The minimum atomic E-state index is -2.04. The molecule has 7 aromatic rings. The Bertz CT molecular complexity index is 2760. The first-order chi connectivity index (χ1) is 31.7. The number of hydrogen-bond acceptors (Lipinski definition) is 12. The normalized spacial score (nSPS) is 14.8. The summed E-state index contributed by atoms with van der Waals surface area (Å²) >= 11 is 0. The number of nitrogens with zero attached hydrogens (tertiary/aromatic N) is 3. The quantitative estimate of drug-likeness (QED) is 0.0516. The second-order valence-corrected chi connectivity index (χ2v) is 16.5. The second-order valence-electron chi connectivity index (χ2n) is 16.5. The largest absolute Gasteiger partial charge is 0.506 e. The van der Waals surface area contributed by atoms with E-state index in [1.54, 1.807) is 74.1 Å². The number of hydrogen-bond donors (Lipinski definition) is 6. The average Bonchev–Trinajstić information content (AvgIpc) is 3.34. The van der Waals surface area contributed by atoms with Crippen LogP contribution < -0.4 is 20.9 Å². The molecule has 0 aliphatic carbocycles. The lowest BCUT2D eigenvalue weighted by Gasteiger charge is -2.33. The van der Waals surface area contributed by atoms with E-state index in [9.17, 15) is 24.9 Å². The van der Waals surface area contributed by atoms with Gasteiger partial charge in [-0.25, -0.2) is 9.78 Å². The zero-order chi connectivity index (χ0) is 45.2. The number of phenols is 1. The lowest BCUT2D eigenvalue weighted by atomic mass is 9.85. The van der Waals surface area contributed by atoms with E-state index >= 15 is 0 Å². The van der Waals surface area contributed by atoms with Gasteiger partial charge in [0.1, 0.15) is 11.5 Å². The van der Waals surface area contributed by atoms with E-state index in [4.69, 9.17) is 14.5 Å². The van der Waals surface area contributed by atoms with Crippen molar-refractivity contribution in [1.29, 1.82) is 0 Å². The van der Waals surface area contributed by atoms with Crippen molar-refractivity contribution in [3.8, 4) is 22.8 Å². The molecule has 0 radical (unpaired) electrons. The van der Waals surface area contributed by atoms with Crippen LogP contribution in [0.4, 0.5) is 0 Å². The number of aromatic amines is 1. The molecule has 13 nitrogen and oxygen atoms in total. The molecule has 1 saturated heterocycles. The number of piperidine rings is 1. The molecule has 2 atom stereocenters. The van der Waals surface area contributed by atoms with Crippen LogP contribution in [0.15, 0.2) is 145 Å². The lowest BCUT2D eigenvalue weighted by Crippen LogP contribution is -2.40. The van der Waals surface area contributed by atoms with E-state index in [1.165, 1.54) is 17.7 Å². The maximum absolute atomic E-state index is 14.0. The van der Waals surface area contributed by atoms with Gasteiger partial charge in [-0.3, -0.25) is 14.7 Å². The molecular weight excluding hydrogens is 821 g/mol. The summed E-state index contributed by atoms with van der Waals surface area (Å²) in [5, 5.41) is 40.8. The fourth-order valence-corrected chi connectivity index (χ4v) is 8.45. The van der Waals surface area contributed by atoms with Gasteiger partial charge in [0.15, 0.2) is 0 Å². The van der Waals surface area contributed by atoms with Crippen LogP contribution in [0.2, 0.25) is 0 Å². The van der Waals surface area contributed by atoms with Gasteiger partial charge in [0, 0.05) is 67.1 Å². The summed E-state index contributed by atoms with van der Waals surface area (Å²) in [7, 11) is 1.62. The summed E-state index contributed by atoms with van der Waals surface area (Å²) < 4.78 is 11.7. The number of rotatable bonds is 18. The van der Waals surface area contributed by atoms with Gasteiger partial charge in [0.2, 0.25) is 11.2 Å². The fourth-order valence-electron chi connectivity index (χ4n) is 8.45. The van der Waals surface area contributed by atoms with Crippen molar-refractivity contribution in [2.45, 2.75) is 50.7 Å². The predicted molar refractivity (Wildman–Crippen MR) is 249 cm³/mol. The van der Waals surface area contributed by atoms with Gasteiger partial charge >= 0.3 is 5.97 Å². The van der Waals surface area contributed by atoms with Gasteiger partial charge in [-0.2, -0.15) is 0 Å². The van der Waals surface area contributed by atoms with Crippen molar-refractivity contribution < 1.29 is 29.6 Å². The molecule has 6 N–H and O–H groups in total. The number of methoxy groups -OCH3 is 1. The summed E-state index contributed by atoms with van der Waals surface area (Å²) in [4.78, 5) is 40.2. The van der Waals surface area contributed by atoms with E-state index in [0.717, 1.165) is 43.6 Å². The molecule has 5 aromatic carbocycles. The maximum Gasteiger partial charge on any atom is 0.347 e. The van der Waals surface area contributed by atoms with E-state index < -0.39 is 17.7 Å². The summed E-state index contributed by atoms with van der Waals surface area (Å²) in [5.41, 5.74) is 4.47. The number of aromatic nitrogens is 3. The molecule has 1 aliphatic heterocycles. The standard InChI is InChI=1S/C52H54N6O7/c1-64-48-25-37(15-16-39(48)28-54-32-47(60)43-17-19-46(59)50-44(43)18-20-49(61)57-50)27-53-29-42-30-55-31-45(56-42)38-11-8-14-41(26-38)52(63,40-12-6-3-7-13-40)51(62)65-34-36-21-23-58(24-22-36)33-35-9-4-2-5-10-35/h2-20,25-26,30-31,36,47,53-54,59-60,63H,21-24,27-29,32-34H2,1H3,(H,57,61)/t47-,52?/m0/s1. The highest BCUT2D eigenvalue weighted by Crippen LogP contribution is 2.34. The summed E-state index contributed by atoms with van der Waals surface area (Å²) in [6.07, 6.45) is 4.29. The van der Waals surface area contributed by atoms with Crippen molar-refractivity contribution in [2.24, 2.45) is 5.92 Å². The number of pyridine rings is 1. The van der Waals surface area contributed by atoms with Gasteiger partial charge in [-0.15, -0.1) is 0 Å². The molecule has 1 fully saturated rings. The number of phenolic OH excluding ortho intramolecular Hbond substituents is 1. The molecule has 0 spiro atoms. The molecule has 0 saturated carbocycles. The second kappa shape index (κ2) is 20.8. The number of H-pyrrole nitrogens is 1. The number of carbonyl (C=O) groups excluding carboxylic acids is 1. The zero-order valence-electron chi connectivity index (χ0n) is 36.3. The van der Waals surface area contributed by atoms with Crippen LogP contribution in [-0.4, -0.2) is 74.5 Å². The molecule has 3 heterocycles. The molecule has 0 amide bonds. The minimum Gasteiger partial charge on any atom is -0.506 e. The molecule has 8 rings (SSSR count). The third kappa shape index (κ3) is 10.8. The Morgan fingerprint density at radius 2 is 1.62 bits per heavy atom. The lowest BCUT2D eigenvalue weighted by molar-refractivity contribution is -0.164. The van der Waals surface area contributed by atoms with Gasteiger partial charge < -0.3 is 40.4 Å². The molecule has 13 heteroatoms. The van der Waals surface area contributed by atoms with E-state index in [1.807, 2.05) is 36.4 Å². The summed E-state index contributed by atoms with van der Waals surface area (Å²) in [5.74, 6) is 0.128. The Balaban J connectivity index is 0.870. The first-order valence-corrected chi connectivity index (χ1v) is 21.9. The highest BCUT2D eigenvalue weighted by molar-refractivity contribution is 5.87. The van der Waals surface area contributed by atoms with Crippen molar-refractivity contribution >= 4 is 16.9 Å². The third-order valence-corrected chi connectivity index (χ3v) is 12.1. The van der Waals surface area contributed by atoms with Crippen LogP contribution in [0.1, 0.15) is 58.0 Å². The summed E-state index contributed by atoms with van der Waals surface area (Å²) in [6, 6.07) is 38.6. The van der Waals surface area contributed by atoms with Crippen molar-refractivity contribution in [3.63, 3.8) is 0 Å². The fraction of sp³-hybridized carbons (Fsp3) is 0.269. The smallest absolute Gasteiger partial charge is 0.347 e. The number of aliphatic hydroxyl groups is 2. The highest BCUT2D eigenvalue weighted by Gasteiger charge is 2.42. The number of aliphatic hydroxyl groups excluding tert-OH is 1. The molecule has 334 valence electrons. The number of fused-ring (bicyclic) bond motifs is 1. The number of esters is 1. The maximum atomic E-state index is 14.0. The number of likely N-dealkylation sites (tertiary alicyclic amines) is 1. The molecule has 1 unspecified atom stereocenters. The van der Waals surface area contributed by atoms with Crippen LogP contribution in [0.5, 0.6) is 11.5 Å². The Kier molecular flexibility index (Phi) is 14.4. The first-order valence-electron chi connectivity index (χ1n) is 21.9. The number of aromatic hydroxyl groups is 1. The molecular formula is C52H54N6O7. The Labute approximate surface area is 377 Å². The molecule has 65 heavy (non-hydrogen) atoms. The average molecular weight is 875 g/mol. The number of carbonyl (C=O) groups is 1. The van der Waals surface area contributed by atoms with Gasteiger partial charge in [0.05, 0.1) is 42.9 Å². The van der Waals surface area contributed by atoms with Crippen LogP contribution in [0.25, 0.3) is 22.2 Å². The third-order valence-electron chi connectivity index (χ3n) is 12.1. The summed E-state index contributed by atoms with van der Waals surface area (Å²) in [6.45, 7) is 4.59. The highest BCUT2D eigenvalue weighted by atomic mass is 16.5. The molecule has 1 aliphatic rings. The van der Waals surface area contributed by atoms with Crippen LogP contribution >= 0.6 is 0 Å². The zero-order valence-corrected chi connectivity index (χ0v) is 36.3. The van der Waals surface area contributed by atoms with Crippen molar-refractivity contribution in [3.05, 3.63) is 189 Å².